The van der Waals surface area contributed by atoms with Gasteiger partial charge in [0.2, 0.25) is 0 Å². The molecule has 5 N–H and O–H groups in total. The maximum absolute atomic E-state index is 12.9. The summed E-state index contributed by atoms with van der Waals surface area (Å²) < 4.78 is 17.9. The van der Waals surface area contributed by atoms with Gasteiger partial charge in [0.25, 0.3) is 0 Å². The van der Waals surface area contributed by atoms with Crippen molar-refractivity contribution in [3.8, 4) is 0 Å². The number of nitrogens with two attached hydrogens (primary N) is 1. The summed E-state index contributed by atoms with van der Waals surface area (Å²) in [6.07, 6.45) is -3.35. The highest BCUT2D eigenvalue weighted by Gasteiger charge is 2.23. The van der Waals surface area contributed by atoms with E-state index >= 15 is 0 Å². The molecule has 0 radical (unpaired) electrons. The molecule has 21 heavy (non-hydrogen) atoms. The highest BCUT2D eigenvalue weighted by atomic mass is 19.1. The third kappa shape index (κ3) is 5.57. The van der Waals surface area contributed by atoms with Gasteiger partial charge in [0.05, 0.1) is 0 Å². The number of alkyl carbamates (subject to hydrolysis) is 1. The van der Waals surface area contributed by atoms with Crippen LogP contribution in [0.4, 0.5) is 14.9 Å². The normalized spacial score (nSPS) is 14.4. The van der Waals surface area contributed by atoms with Gasteiger partial charge in [-0.1, -0.05) is 6.07 Å². The lowest BCUT2D eigenvalue weighted by molar-refractivity contribution is 0.0133. The van der Waals surface area contributed by atoms with Crippen LogP contribution >= 0.6 is 0 Å². The van der Waals surface area contributed by atoms with Crippen molar-refractivity contribution >= 4 is 11.8 Å². The third-order valence-electron chi connectivity index (χ3n) is 2.59. The van der Waals surface area contributed by atoms with Crippen molar-refractivity contribution < 1.29 is 24.1 Å². The van der Waals surface area contributed by atoms with Crippen LogP contribution in [0.2, 0.25) is 0 Å². The van der Waals surface area contributed by atoms with Gasteiger partial charge < -0.3 is 26.0 Å². The van der Waals surface area contributed by atoms with Crippen molar-refractivity contribution in [3.05, 3.63) is 29.6 Å². The summed E-state index contributed by atoms with van der Waals surface area (Å²) in [5.74, 6) is -0.537. The Morgan fingerprint density at radius 3 is 2.57 bits per heavy atom. The molecule has 0 fully saturated rings. The van der Waals surface area contributed by atoms with Gasteiger partial charge in [-0.15, -0.1) is 0 Å². The van der Waals surface area contributed by atoms with Crippen LogP contribution in [0.5, 0.6) is 0 Å². The Morgan fingerprint density at radius 2 is 2.05 bits per heavy atom. The molecule has 0 aliphatic heterocycles. The lowest BCUT2D eigenvalue weighted by atomic mass is 10.0. The minimum Gasteiger partial charge on any atom is -0.444 e. The molecular formula is C14H21FN2O4. The number of nitrogen functional groups attached to an aromatic ring is 1. The highest BCUT2D eigenvalue weighted by molar-refractivity contribution is 5.67. The number of hydrogen-bond donors (Lipinski definition) is 4. The molecule has 1 amide bonds. The Morgan fingerprint density at radius 1 is 1.43 bits per heavy atom. The van der Waals surface area contributed by atoms with Crippen LogP contribution in [0.1, 0.15) is 32.4 Å². The predicted molar refractivity (Wildman–Crippen MR) is 76.0 cm³/mol. The van der Waals surface area contributed by atoms with Gasteiger partial charge in [0, 0.05) is 17.8 Å². The standard InChI is InChI=1S/C14H21FN2O4/c1-14(2,3)21-13(20)17-7-11(18)12(19)9-5-4-8(15)6-10(9)16/h4-6,11-12,18-19H,7,16H2,1-3H3,(H,17,20). The van der Waals surface area contributed by atoms with Gasteiger partial charge in [-0.05, 0) is 32.9 Å². The SMILES string of the molecule is CC(C)(C)OC(=O)NCC(O)C(O)c1ccc(F)cc1N. The Hall–Kier alpha value is -1.86. The average Bonchev–Trinajstić information content (AvgIpc) is 2.33. The van der Waals surface area contributed by atoms with Crippen LogP contribution in [0.25, 0.3) is 0 Å². The first-order chi connectivity index (χ1) is 9.60. The molecule has 2 atom stereocenters. The van der Waals surface area contributed by atoms with E-state index in [0.29, 0.717) is 0 Å². The Kier molecular flexibility index (Phi) is 5.51. The monoisotopic (exact) mass is 300 g/mol. The fourth-order valence-corrected chi connectivity index (χ4v) is 1.64. The summed E-state index contributed by atoms with van der Waals surface area (Å²) in [5.41, 5.74) is 5.13. The summed E-state index contributed by atoms with van der Waals surface area (Å²) in [6, 6.07) is 3.46. The van der Waals surface area contributed by atoms with Crippen LogP contribution in [0.3, 0.4) is 0 Å². The second-order valence-corrected chi connectivity index (χ2v) is 5.67. The van der Waals surface area contributed by atoms with Crippen LogP contribution in [-0.4, -0.2) is 34.6 Å². The first-order valence-electron chi connectivity index (χ1n) is 6.48. The second-order valence-electron chi connectivity index (χ2n) is 5.67. The molecule has 0 aromatic heterocycles. The molecule has 1 aromatic carbocycles. The van der Waals surface area contributed by atoms with Crippen molar-refractivity contribution in [2.45, 2.75) is 38.6 Å². The first-order valence-corrected chi connectivity index (χ1v) is 6.48. The molecule has 0 saturated heterocycles. The summed E-state index contributed by atoms with van der Waals surface area (Å²) >= 11 is 0. The number of carbonyl (C=O) groups is 1. The van der Waals surface area contributed by atoms with Gasteiger partial charge in [0.15, 0.2) is 0 Å². The minimum absolute atomic E-state index is 0.0267. The van der Waals surface area contributed by atoms with E-state index in [9.17, 15) is 19.4 Å². The second kappa shape index (κ2) is 6.73. The maximum atomic E-state index is 12.9. The zero-order valence-corrected chi connectivity index (χ0v) is 12.3. The van der Waals surface area contributed by atoms with Crippen molar-refractivity contribution in [2.75, 3.05) is 12.3 Å². The van der Waals surface area contributed by atoms with E-state index in [2.05, 4.69) is 5.32 Å². The zero-order valence-electron chi connectivity index (χ0n) is 12.3. The number of rotatable bonds is 4. The smallest absolute Gasteiger partial charge is 0.407 e. The van der Waals surface area contributed by atoms with E-state index in [4.69, 9.17) is 10.5 Å². The summed E-state index contributed by atoms with van der Waals surface area (Å²) in [4.78, 5) is 11.4. The van der Waals surface area contributed by atoms with Gasteiger partial charge in [-0.25, -0.2) is 9.18 Å². The molecular weight excluding hydrogens is 279 g/mol. The molecule has 1 aromatic rings. The molecule has 0 aliphatic carbocycles. The summed E-state index contributed by atoms with van der Waals surface area (Å²) in [6.45, 7) is 4.89. The number of amides is 1. The number of aliphatic hydroxyl groups excluding tert-OH is 2. The predicted octanol–water partition coefficient (Wildman–Crippen LogP) is 1.33. The van der Waals surface area contributed by atoms with Crippen molar-refractivity contribution in [2.24, 2.45) is 0 Å². The largest absolute Gasteiger partial charge is 0.444 e. The highest BCUT2D eigenvalue weighted by Crippen LogP contribution is 2.23. The molecule has 2 unspecified atom stereocenters. The Bertz CT molecular complexity index is 502. The molecule has 118 valence electrons. The Labute approximate surface area is 122 Å². The van der Waals surface area contributed by atoms with E-state index in [1.807, 2.05) is 0 Å². The number of nitrogens with one attached hydrogen (secondary N) is 1. The van der Waals surface area contributed by atoms with Crippen LogP contribution in [0, 0.1) is 5.82 Å². The maximum Gasteiger partial charge on any atom is 0.407 e. The molecule has 6 nitrogen and oxygen atoms in total. The minimum atomic E-state index is -1.35. The van der Waals surface area contributed by atoms with E-state index in [1.54, 1.807) is 20.8 Å². The van der Waals surface area contributed by atoms with E-state index in [-0.39, 0.29) is 17.8 Å². The van der Waals surface area contributed by atoms with Gasteiger partial charge in [0.1, 0.15) is 23.6 Å². The summed E-state index contributed by atoms with van der Waals surface area (Å²) in [7, 11) is 0. The fraction of sp³-hybridized carbons (Fsp3) is 0.500. The molecule has 0 heterocycles. The fourth-order valence-electron chi connectivity index (χ4n) is 1.64. The Balaban J connectivity index is 2.59. The van der Waals surface area contributed by atoms with Crippen molar-refractivity contribution in [1.82, 2.24) is 5.32 Å². The number of halogens is 1. The summed E-state index contributed by atoms with van der Waals surface area (Å²) in [5, 5.41) is 22.1. The lowest BCUT2D eigenvalue weighted by Gasteiger charge is -2.22. The number of anilines is 1. The topological polar surface area (TPSA) is 105 Å². The molecule has 7 heteroatoms. The quantitative estimate of drug-likeness (QED) is 0.628. The first kappa shape index (κ1) is 17.2. The van der Waals surface area contributed by atoms with Crippen molar-refractivity contribution in [1.29, 1.82) is 0 Å². The average molecular weight is 300 g/mol. The van der Waals surface area contributed by atoms with Crippen LogP contribution in [0.15, 0.2) is 18.2 Å². The van der Waals surface area contributed by atoms with E-state index < -0.39 is 29.7 Å². The number of benzene rings is 1. The van der Waals surface area contributed by atoms with Crippen molar-refractivity contribution in [3.63, 3.8) is 0 Å². The van der Waals surface area contributed by atoms with Crippen LogP contribution in [-0.2, 0) is 4.74 Å². The third-order valence-corrected chi connectivity index (χ3v) is 2.59. The number of ether oxygens (including phenoxy) is 1. The van der Waals surface area contributed by atoms with Gasteiger partial charge in [-0.2, -0.15) is 0 Å². The zero-order chi connectivity index (χ0) is 16.2. The van der Waals surface area contributed by atoms with E-state index in [0.717, 1.165) is 12.1 Å². The molecule has 0 saturated carbocycles. The van der Waals surface area contributed by atoms with Gasteiger partial charge in [-0.3, -0.25) is 0 Å². The molecule has 0 spiro atoms. The van der Waals surface area contributed by atoms with E-state index in [1.165, 1.54) is 6.07 Å². The van der Waals surface area contributed by atoms with Gasteiger partial charge >= 0.3 is 6.09 Å². The lowest BCUT2D eigenvalue weighted by Crippen LogP contribution is -2.39. The number of aliphatic hydroxyl groups is 2. The molecule has 0 aliphatic rings. The molecule has 1 rings (SSSR count). The number of carbonyl (C=O) groups excluding carboxylic acids is 1. The van der Waals surface area contributed by atoms with Crippen LogP contribution < -0.4 is 11.1 Å². The molecule has 0 bridgehead atoms. The number of hydrogen-bond acceptors (Lipinski definition) is 5.